The number of rotatable bonds is 7. The Hall–Kier alpha value is -0.450. The second kappa shape index (κ2) is 6.21. The Labute approximate surface area is 142 Å². The van der Waals surface area contributed by atoms with Gasteiger partial charge >= 0.3 is 0 Å². The van der Waals surface area contributed by atoms with E-state index in [2.05, 4.69) is 23.5 Å². The van der Waals surface area contributed by atoms with Crippen LogP contribution in [-0.2, 0) is 12.8 Å². The van der Waals surface area contributed by atoms with Crippen molar-refractivity contribution in [2.75, 3.05) is 11.9 Å². The van der Waals surface area contributed by atoms with Crippen molar-refractivity contribution in [1.82, 2.24) is 4.72 Å². The van der Waals surface area contributed by atoms with Crippen molar-refractivity contribution < 1.29 is 0 Å². The molecule has 3 aliphatic rings. The van der Waals surface area contributed by atoms with Crippen LogP contribution >= 0.6 is 23.3 Å². The summed E-state index contributed by atoms with van der Waals surface area (Å²) in [7, 11) is 0. The van der Waals surface area contributed by atoms with Gasteiger partial charge in [-0.2, -0.15) is 0 Å². The molecule has 2 atom stereocenters. The van der Waals surface area contributed by atoms with Crippen molar-refractivity contribution in [2.45, 2.75) is 56.8 Å². The van der Waals surface area contributed by atoms with Gasteiger partial charge in [0.05, 0.1) is 4.90 Å². The van der Waals surface area contributed by atoms with Gasteiger partial charge in [0.15, 0.2) is 0 Å². The first-order chi connectivity index (χ1) is 10.7. The van der Waals surface area contributed by atoms with E-state index in [1.807, 2.05) is 23.3 Å². The number of allylic oxidation sites excluding steroid dienone is 1. The SMILES string of the molecule is C=C(Nc1sc2c(c1SNCC1CC1)CCCC2)[C@H]1C[C@@H]1C. The third kappa shape index (κ3) is 3.24. The molecule has 0 aromatic carbocycles. The maximum absolute atomic E-state index is 4.29. The molecule has 120 valence electrons. The maximum Gasteiger partial charge on any atom is 0.108 e. The Bertz CT molecular complexity index is 574. The predicted octanol–water partition coefficient (Wildman–Crippen LogP) is 5.22. The minimum Gasteiger partial charge on any atom is -0.350 e. The lowest BCUT2D eigenvalue weighted by Gasteiger charge is -2.13. The van der Waals surface area contributed by atoms with Crippen molar-refractivity contribution in [1.29, 1.82) is 0 Å². The summed E-state index contributed by atoms with van der Waals surface area (Å²) in [5.74, 6) is 2.44. The summed E-state index contributed by atoms with van der Waals surface area (Å²) >= 11 is 3.85. The Balaban J connectivity index is 1.49. The molecule has 0 amide bonds. The van der Waals surface area contributed by atoms with Gasteiger partial charge in [-0.3, -0.25) is 4.72 Å². The summed E-state index contributed by atoms with van der Waals surface area (Å²) in [4.78, 5) is 3.08. The zero-order chi connectivity index (χ0) is 15.1. The molecule has 4 rings (SSSR count). The monoisotopic (exact) mass is 334 g/mol. The molecule has 1 aromatic heterocycles. The first-order valence-corrected chi connectivity index (χ1v) is 10.4. The Morgan fingerprint density at radius 1 is 1.32 bits per heavy atom. The van der Waals surface area contributed by atoms with Crippen LogP contribution in [0.1, 0.15) is 49.5 Å². The molecule has 2 N–H and O–H groups in total. The lowest BCUT2D eigenvalue weighted by molar-refractivity contribution is 0.688. The fourth-order valence-electron chi connectivity index (χ4n) is 3.33. The molecule has 1 heterocycles. The number of hydrogen-bond donors (Lipinski definition) is 2. The normalized spacial score (nSPS) is 26.6. The zero-order valence-electron chi connectivity index (χ0n) is 13.4. The van der Waals surface area contributed by atoms with Crippen LogP contribution in [-0.4, -0.2) is 6.54 Å². The number of nitrogens with one attached hydrogen (secondary N) is 2. The molecule has 2 nitrogen and oxygen atoms in total. The van der Waals surface area contributed by atoms with E-state index in [9.17, 15) is 0 Å². The van der Waals surface area contributed by atoms with Crippen LogP contribution in [0.25, 0.3) is 0 Å². The first-order valence-electron chi connectivity index (χ1n) is 8.72. The Kier molecular flexibility index (Phi) is 4.27. The van der Waals surface area contributed by atoms with E-state index in [4.69, 9.17) is 0 Å². The highest BCUT2D eigenvalue weighted by molar-refractivity contribution is 7.97. The molecule has 1 aromatic rings. The van der Waals surface area contributed by atoms with Crippen molar-refractivity contribution in [3.63, 3.8) is 0 Å². The first kappa shape index (κ1) is 15.1. The second-order valence-corrected chi connectivity index (χ2v) is 9.24. The largest absolute Gasteiger partial charge is 0.350 e. The van der Waals surface area contributed by atoms with Crippen LogP contribution in [0.5, 0.6) is 0 Å². The average molecular weight is 335 g/mol. The molecule has 4 heteroatoms. The molecule has 0 radical (unpaired) electrons. The summed E-state index contributed by atoms with van der Waals surface area (Å²) in [6, 6.07) is 0. The molecular formula is C18H26N2S2. The van der Waals surface area contributed by atoms with Crippen molar-refractivity contribution >= 4 is 28.3 Å². The Morgan fingerprint density at radius 2 is 2.09 bits per heavy atom. The third-order valence-electron chi connectivity index (χ3n) is 5.20. The summed E-state index contributed by atoms with van der Waals surface area (Å²) in [6.45, 7) is 7.78. The molecule has 22 heavy (non-hydrogen) atoms. The molecule has 0 unspecified atom stereocenters. The van der Waals surface area contributed by atoms with E-state index in [1.165, 1.54) is 60.5 Å². The number of thiophene rings is 1. The van der Waals surface area contributed by atoms with Crippen LogP contribution in [0.15, 0.2) is 17.2 Å². The van der Waals surface area contributed by atoms with Gasteiger partial charge < -0.3 is 5.32 Å². The van der Waals surface area contributed by atoms with Crippen molar-refractivity contribution in [3.05, 3.63) is 22.7 Å². The van der Waals surface area contributed by atoms with Crippen LogP contribution < -0.4 is 10.0 Å². The third-order valence-corrected chi connectivity index (χ3v) is 7.50. The van der Waals surface area contributed by atoms with Crippen LogP contribution in [0, 0.1) is 17.8 Å². The molecular weight excluding hydrogens is 308 g/mol. The summed E-state index contributed by atoms with van der Waals surface area (Å²) < 4.78 is 3.62. The van der Waals surface area contributed by atoms with E-state index < -0.39 is 0 Å². The molecule has 2 fully saturated rings. The number of fused-ring (bicyclic) bond motifs is 1. The van der Waals surface area contributed by atoms with Gasteiger partial charge in [0.2, 0.25) is 0 Å². The quantitative estimate of drug-likeness (QED) is 0.669. The van der Waals surface area contributed by atoms with Gasteiger partial charge in [0.25, 0.3) is 0 Å². The van der Waals surface area contributed by atoms with Crippen LogP contribution in [0.2, 0.25) is 0 Å². The van der Waals surface area contributed by atoms with E-state index in [1.54, 1.807) is 10.4 Å². The lowest BCUT2D eigenvalue weighted by Crippen LogP contribution is -2.09. The molecule has 0 spiro atoms. The number of aryl methyl sites for hydroxylation is 1. The highest BCUT2D eigenvalue weighted by Gasteiger charge is 2.35. The predicted molar refractivity (Wildman–Crippen MR) is 97.6 cm³/mol. The minimum absolute atomic E-state index is 0.691. The highest BCUT2D eigenvalue weighted by atomic mass is 32.2. The van der Waals surface area contributed by atoms with E-state index >= 15 is 0 Å². The van der Waals surface area contributed by atoms with Crippen LogP contribution in [0.3, 0.4) is 0 Å². The molecule has 3 aliphatic carbocycles. The maximum atomic E-state index is 4.29. The van der Waals surface area contributed by atoms with E-state index in [0.29, 0.717) is 5.92 Å². The summed E-state index contributed by atoms with van der Waals surface area (Å²) in [6.07, 6.45) is 9.36. The topological polar surface area (TPSA) is 24.1 Å². The molecule has 0 saturated heterocycles. The lowest BCUT2D eigenvalue weighted by atomic mass is 9.99. The minimum atomic E-state index is 0.691. The van der Waals surface area contributed by atoms with E-state index in [0.717, 1.165) is 18.4 Å². The van der Waals surface area contributed by atoms with Crippen molar-refractivity contribution in [3.8, 4) is 0 Å². The molecule has 0 bridgehead atoms. The fourth-order valence-corrected chi connectivity index (χ4v) is 5.82. The summed E-state index contributed by atoms with van der Waals surface area (Å²) in [5, 5.41) is 5.03. The fraction of sp³-hybridized carbons (Fsp3) is 0.667. The smallest absolute Gasteiger partial charge is 0.108 e. The van der Waals surface area contributed by atoms with Gasteiger partial charge in [-0.1, -0.05) is 13.5 Å². The van der Waals surface area contributed by atoms with Gasteiger partial charge in [-0.15, -0.1) is 11.3 Å². The van der Waals surface area contributed by atoms with Gasteiger partial charge in [0.1, 0.15) is 5.00 Å². The number of anilines is 1. The van der Waals surface area contributed by atoms with Gasteiger partial charge in [-0.05, 0) is 74.3 Å². The Morgan fingerprint density at radius 3 is 2.82 bits per heavy atom. The second-order valence-electron chi connectivity index (χ2n) is 7.23. The van der Waals surface area contributed by atoms with Crippen LogP contribution in [0.4, 0.5) is 5.00 Å². The molecule has 0 aliphatic heterocycles. The van der Waals surface area contributed by atoms with Gasteiger partial charge in [-0.25, -0.2) is 0 Å². The molecule has 2 saturated carbocycles. The highest BCUT2D eigenvalue weighted by Crippen LogP contribution is 2.47. The zero-order valence-corrected chi connectivity index (χ0v) is 15.0. The average Bonchev–Trinajstić information content (AvgIpc) is 3.41. The van der Waals surface area contributed by atoms with Gasteiger partial charge in [0, 0.05) is 23.0 Å². The standard InChI is InChI=1S/C18H26N2S2/c1-11-9-15(11)12(2)20-18-17(22-19-10-13-7-8-13)14-5-3-4-6-16(14)21-18/h11,13,15,19-20H,2-10H2,1H3/t11-,15-/m0/s1. The number of hydrogen-bond acceptors (Lipinski definition) is 4. The summed E-state index contributed by atoms with van der Waals surface area (Å²) in [5.41, 5.74) is 2.85. The van der Waals surface area contributed by atoms with E-state index in [-0.39, 0.29) is 0 Å². The van der Waals surface area contributed by atoms with Crippen molar-refractivity contribution in [2.24, 2.45) is 17.8 Å².